The van der Waals surface area contributed by atoms with E-state index in [1.54, 1.807) is 13.1 Å². The van der Waals surface area contributed by atoms with Gasteiger partial charge in [0.1, 0.15) is 5.69 Å². The predicted molar refractivity (Wildman–Crippen MR) is 99.3 cm³/mol. The molecular formula is C21H16F3N3O. The summed E-state index contributed by atoms with van der Waals surface area (Å²) in [4.78, 5) is 12.3. The van der Waals surface area contributed by atoms with Crippen molar-refractivity contribution in [1.82, 2.24) is 15.1 Å². The number of carbonyl (C=O) groups is 1. The summed E-state index contributed by atoms with van der Waals surface area (Å²) in [6.07, 6.45) is -4.41. The molecule has 0 atom stereocenters. The summed E-state index contributed by atoms with van der Waals surface area (Å²) < 4.78 is 39.6. The van der Waals surface area contributed by atoms with E-state index in [0.29, 0.717) is 11.4 Å². The third-order valence-electron chi connectivity index (χ3n) is 3.94. The summed E-state index contributed by atoms with van der Waals surface area (Å²) in [6, 6.07) is 15.9. The van der Waals surface area contributed by atoms with E-state index in [-0.39, 0.29) is 18.0 Å². The van der Waals surface area contributed by atoms with E-state index >= 15 is 0 Å². The molecule has 1 heterocycles. The van der Waals surface area contributed by atoms with Crippen LogP contribution in [-0.2, 0) is 13.2 Å². The van der Waals surface area contributed by atoms with E-state index in [0.717, 1.165) is 17.7 Å². The zero-order chi connectivity index (χ0) is 20.1. The highest BCUT2D eigenvalue weighted by molar-refractivity contribution is 5.93. The molecule has 4 nitrogen and oxygen atoms in total. The van der Waals surface area contributed by atoms with E-state index in [1.807, 2.05) is 30.3 Å². The number of rotatable bonds is 3. The number of alkyl halides is 3. The Bertz CT molecular complexity index is 1040. The molecule has 1 N–H and O–H groups in total. The second kappa shape index (κ2) is 8.01. The van der Waals surface area contributed by atoms with Gasteiger partial charge < -0.3 is 5.32 Å². The van der Waals surface area contributed by atoms with Crippen molar-refractivity contribution in [1.29, 1.82) is 0 Å². The van der Waals surface area contributed by atoms with Crippen LogP contribution in [0, 0.1) is 11.8 Å². The van der Waals surface area contributed by atoms with Gasteiger partial charge in [-0.05, 0) is 24.3 Å². The number of hydrogen-bond donors (Lipinski definition) is 1. The van der Waals surface area contributed by atoms with Crippen LogP contribution in [0.5, 0.6) is 0 Å². The van der Waals surface area contributed by atoms with E-state index in [4.69, 9.17) is 0 Å². The smallest absolute Gasteiger partial charge is 0.340 e. The van der Waals surface area contributed by atoms with Crippen LogP contribution in [0.25, 0.3) is 11.3 Å². The Balaban J connectivity index is 1.65. The number of amides is 1. The average molecular weight is 383 g/mol. The molecule has 0 aliphatic heterocycles. The Labute approximate surface area is 160 Å². The Morgan fingerprint density at radius 3 is 2.57 bits per heavy atom. The van der Waals surface area contributed by atoms with E-state index in [2.05, 4.69) is 22.3 Å². The predicted octanol–water partition coefficient (Wildman–Crippen LogP) is 3.89. The standard InChI is InChI=1S/C21H16F3N3O/c1-27-19(14-18(26-27)16-9-3-2-4-10-16)20(28)25-12-6-8-15-7-5-11-17(13-15)21(22,23)24/h2-5,7,9-11,13-14H,12H2,1H3,(H,25,28). The van der Waals surface area contributed by atoms with Crippen molar-refractivity contribution >= 4 is 5.91 Å². The molecule has 28 heavy (non-hydrogen) atoms. The van der Waals surface area contributed by atoms with Crippen molar-refractivity contribution in [3.8, 4) is 23.1 Å². The first-order valence-corrected chi connectivity index (χ1v) is 8.38. The lowest BCUT2D eigenvalue weighted by Gasteiger charge is -2.05. The summed E-state index contributed by atoms with van der Waals surface area (Å²) >= 11 is 0. The van der Waals surface area contributed by atoms with Crippen LogP contribution in [0.4, 0.5) is 13.2 Å². The third kappa shape index (κ3) is 4.60. The van der Waals surface area contributed by atoms with Crippen molar-refractivity contribution in [2.75, 3.05) is 6.54 Å². The zero-order valence-corrected chi connectivity index (χ0v) is 14.9. The number of nitrogens with zero attached hydrogens (tertiary/aromatic N) is 2. The summed E-state index contributed by atoms with van der Waals surface area (Å²) in [7, 11) is 1.66. The number of nitrogens with one attached hydrogen (secondary N) is 1. The van der Waals surface area contributed by atoms with Crippen molar-refractivity contribution in [2.45, 2.75) is 6.18 Å². The molecule has 0 fully saturated rings. The lowest BCUT2D eigenvalue weighted by molar-refractivity contribution is -0.137. The number of halogens is 3. The van der Waals surface area contributed by atoms with Crippen molar-refractivity contribution in [2.24, 2.45) is 7.05 Å². The number of benzene rings is 2. The molecule has 0 radical (unpaired) electrons. The second-order valence-corrected chi connectivity index (χ2v) is 5.97. The lowest BCUT2D eigenvalue weighted by Crippen LogP contribution is -2.25. The van der Waals surface area contributed by atoms with Crippen LogP contribution in [-0.4, -0.2) is 22.2 Å². The van der Waals surface area contributed by atoms with E-state index in [1.165, 1.54) is 16.8 Å². The largest absolute Gasteiger partial charge is 0.416 e. The summed E-state index contributed by atoms with van der Waals surface area (Å²) in [5, 5.41) is 6.95. The Kier molecular flexibility index (Phi) is 5.50. The quantitative estimate of drug-likeness (QED) is 0.698. The van der Waals surface area contributed by atoms with Crippen LogP contribution in [0.2, 0.25) is 0 Å². The molecule has 7 heteroatoms. The summed E-state index contributed by atoms with van der Waals surface area (Å²) in [6.45, 7) is 0.000922. The number of carbonyl (C=O) groups excluding carboxylic acids is 1. The highest BCUT2D eigenvalue weighted by atomic mass is 19.4. The molecule has 0 unspecified atom stereocenters. The van der Waals surface area contributed by atoms with Gasteiger partial charge in [0.2, 0.25) is 0 Å². The van der Waals surface area contributed by atoms with Gasteiger partial charge >= 0.3 is 6.18 Å². The van der Waals surface area contributed by atoms with Crippen molar-refractivity contribution in [3.05, 3.63) is 77.5 Å². The SMILES string of the molecule is Cn1nc(-c2ccccc2)cc1C(=O)NCC#Cc1cccc(C(F)(F)F)c1. The molecule has 0 spiro atoms. The Hall–Kier alpha value is -3.53. The fourth-order valence-electron chi connectivity index (χ4n) is 2.56. The molecule has 3 rings (SSSR count). The van der Waals surface area contributed by atoms with Gasteiger partial charge in [-0.1, -0.05) is 48.2 Å². The average Bonchev–Trinajstić information content (AvgIpc) is 3.07. The van der Waals surface area contributed by atoms with Crippen LogP contribution in [0.3, 0.4) is 0 Å². The molecule has 1 amide bonds. The molecular weight excluding hydrogens is 367 g/mol. The summed E-state index contributed by atoms with van der Waals surface area (Å²) in [5.41, 5.74) is 1.40. The highest BCUT2D eigenvalue weighted by Crippen LogP contribution is 2.29. The number of aryl methyl sites for hydroxylation is 1. The van der Waals surface area contributed by atoms with Crippen molar-refractivity contribution < 1.29 is 18.0 Å². The fraction of sp³-hybridized carbons (Fsp3) is 0.143. The van der Waals surface area contributed by atoms with Gasteiger partial charge in [-0.25, -0.2) is 0 Å². The van der Waals surface area contributed by atoms with Gasteiger partial charge in [0, 0.05) is 18.2 Å². The van der Waals surface area contributed by atoms with Gasteiger partial charge in [-0.15, -0.1) is 0 Å². The van der Waals surface area contributed by atoms with Crippen molar-refractivity contribution in [3.63, 3.8) is 0 Å². The molecule has 2 aromatic carbocycles. The molecule has 0 bridgehead atoms. The second-order valence-electron chi connectivity index (χ2n) is 5.97. The maximum atomic E-state index is 12.7. The van der Waals surface area contributed by atoms with Gasteiger partial charge in [0.05, 0.1) is 17.8 Å². The first kappa shape index (κ1) is 19.2. The Morgan fingerprint density at radius 2 is 1.86 bits per heavy atom. The highest BCUT2D eigenvalue weighted by Gasteiger charge is 2.30. The minimum absolute atomic E-state index is 0.000922. The van der Waals surface area contributed by atoms with Gasteiger partial charge in [-0.3, -0.25) is 9.48 Å². The van der Waals surface area contributed by atoms with Crippen LogP contribution >= 0.6 is 0 Å². The van der Waals surface area contributed by atoms with Gasteiger partial charge in [0.25, 0.3) is 5.91 Å². The first-order valence-electron chi connectivity index (χ1n) is 8.38. The van der Waals surface area contributed by atoms with Gasteiger partial charge in [0.15, 0.2) is 0 Å². The maximum Gasteiger partial charge on any atom is 0.416 e. The third-order valence-corrected chi connectivity index (χ3v) is 3.94. The van der Waals surface area contributed by atoms with E-state index in [9.17, 15) is 18.0 Å². The van der Waals surface area contributed by atoms with Crippen LogP contribution in [0.15, 0.2) is 60.7 Å². The van der Waals surface area contributed by atoms with Crippen LogP contribution in [0.1, 0.15) is 21.6 Å². The lowest BCUT2D eigenvalue weighted by atomic mass is 10.1. The number of hydrogen-bond acceptors (Lipinski definition) is 2. The topological polar surface area (TPSA) is 46.9 Å². The molecule has 142 valence electrons. The molecule has 3 aromatic rings. The molecule has 0 saturated carbocycles. The first-order chi connectivity index (χ1) is 13.3. The monoisotopic (exact) mass is 383 g/mol. The zero-order valence-electron chi connectivity index (χ0n) is 14.9. The summed E-state index contributed by atoms with van der Waals surface area (Å²) in [5.74, 6) is 4.92. The maximum absolute atomic E-state index is 12.7. The Morgan fingerprint density at radius 1 is 1.11 bits per heavy atom. The molecule has 1 aromatic heterocycles. The molecule has 0 aliphatic rings. The normalized spacial score (nSPS) is 10.9. The molecule has 0 aliphatic carbocycles. The minimum Gasteiger partial charge on any atom is -0.340 e. The molecule has 0 saturated heterocycles. The van der Waals surface area contributed by atoms with E-state index < -0.39 is 11.7 Å². The number of aromatic nitrogens is 2. The fourth-order valence-corrected chi connectivity index (χ4v) is 2.56. The van der Waals surface area contributed by atoms with Gasteiger partial charge in [-0.2, -0.15) is 18.3 Å². The van der Waals surface area contributed by atoms with Crippen LogP contribution < -0.4 is 5.32 Å². The minimum atomic E-state index is -4.41.